The summed E-state index contributed by atoms with van der Waals surface area (Å²) in [7, 11) is 1.64. The minimum Gasteiger partial charge on any atom is -0.493 e. The van der Waals surface area contributed by atoms with Gasteiger partial charge >= 0.3 is 0 Å². The molecule has 0 aliphatic carbocycles. The fourth-order valence-electron chi connectivity index (χ4n) is 3.60. The number of amides is 1. The lowest BCUT2D eigenvalue weighted by atomic mass is 9.93. The van der Waals surface area contributed by atoms with Crippen molar-refractivity contribution in [3.63, 3.8) is 0 Å². The molecule has 6 heteroatoms. The zero-order valence-electron chi connectivity index (χ0n) is 14.5. The van der Waals surface area contributed by atoms with Crippen molar-refractivity contribution in [1.82, 2.24) is 10.2 Å². The Balaban J connectivity index is 1.72. The largest absolute Gasteiger partial charge is 0.493 e. The zero-order chi connectivity index (χ0) is 17.3. The summed E-state index contributed by atoms with van der Waals surface area (Å²) in [6.07, 6.45) is 1.70. The van der Waals surface area contributed by atoms with Gasteiger partial charge in [0.05, 0.1) is 13.2 Å². The highest BCUT2D eigenvalue weighted by Gasteiger charge is 2.36. The number of fused-ring (bicyclic) bond motifs is 1. The lowest BCUT2D eigenvalue weighted by molar-refractivity contribution is -0.119. The summed E-state index contributed by atoms with van der Waals surface area (Å²) in [6, 6.07) is 4.15. The predicted molar refractivity (Wildman–Crippen MR) is 93.7 cm³/mol. The summed E-state index contributed by atoms with van der Waals surface area (Å²) in [4.78, 5) is 13.9. The molecule has 0 saturated carbocycles. The van der Waals surface area contributed by atoms with Crippen LogP contribution in [0.2, 0.25) is 5.02 Å². The fourth-order valence-corrected chi connectivity index (χ4v) is 3.81. The van der Waals surface area contributed by atoms with Gasteiger partial charge in [-0.3, -0.25) is 9.69 Å². The van der Waals surface area contributed by atoms with Crippen LogP contribution < -0.4 is 14.8 Å². The van der Waals surface area contributed by atoms with Crippen LogP contribution in [-0.2, 0) is 11.3 Å². The molecule has 2 aliphatic rings. The van der Waals surface area contributed by atoms with E-state index in [1.807, 2.05) is 26.0 Å². The Morgan fingerprint density at radius 3 is 2.88 bits per heavy atom. The summed E-state index contributed by atoms with van der Waals surface area (Å²) >= 11 is 6.47. The molecule has 0 bridgehead atoms. The molecule has 2 heterocycles. The zero-order valence-corrected chi connectivity index (χ0v) is 15.2. The van der Waals surface area contributed by atoms with Gasteiger partial charge in [0.25, 0.3) is 0 Å². The SMILES string of the molecule is COc1cc(CN2CC[C@@H]3NC(=O)C[C@@H]3C2)c(Cl)cc1OC(C)C. The molecular formula is C18H25ClN2O3. The van der Waals surface area contributed by atoms with Crippen LogP contribution in [0.4, 0.5) is 0 Å². The van der Waals surface area contributed by atoms with Crippen LogP contribution in [0.25, 0.3) is 0 Å². The smallest absolute Gasteiger partial charge is 0.220 e. The van der Waals surface area contributed by atoms with Gasteiger partial charge in [-0.15, -0.1) is 0 Å². The molecule has 0 radical (unpaired) electrons. The number of carbonyl (C=O) groups is 1. The van der Waals surface area contributed by atoms with Gasteiger partial charge in [0.1, 0.15) is 0 Å². The Hall–Kier alpha value is -1.46. The minimum absolute atomic E-state index is 0.0623. The van der Waals surface area contributed by atoms with Gasteiger partial charge in [0, 0.05) is 49.1 Å². The molecule has 5 nitrogen and oxygen atoms in total. The van der Waals surface area contributed by atoms with Crippen LogP contribution >= 0.6 is 11.6 Å². The van der Waals surface area contributed by atoms with E-state index in [4.69, 9.17) is 21.1 Å². The third-order valence-corrected chi connectivity index (χ3v) is 5.05. The molecule has 2 atom stereocenters. The highest BCUT2D eigenvalue weighted by Crippen LogP contribution is 2.35. The van der Waals surface area contributed by atoms with Crippen molar-refractivity contribution in [3.8, 4) is 11.5 Å². The highest BCUT2D eigenvalue weighted by atomic mass is 35.5. The molecule has 1 amide bonds. The summed E-state index contributed by atoms with van der Waals surface area (Å²) < 4.78 is 11.2. The number of likely N-dealkylation sites (tertiary alicyclic amines) is 1. The predicted octanol–water partition coefficient (Wildman–Crippen LogP) is 2.85. The Morgan fingerprint density at radius 2 is 2.17 bits per heavy atom. The van der Waals surface area contributed by atoms with E-state index < -0.39 is 0 Å². The Bertz CT molecular complexity index is 621. The van der Waals surface area contributed by atoms with Crippen LogP contribution in [0.15, 0.2) is 12.1 Å². The lowest BCUT2D eigenvalue weighted by Crippen LogP contribution is -2.44. The number of ether oxygens (including phenoxy) is 2. The molecular weight excluding hydrogens is 328 g/mol. The van der Waals surface area contributed by atoms with Crippen LogP contribution in [0.1, 0.15) is 32.3 Å². The summed E-state index contributed by atoms with van der Waals surface area (Å²) in [5.41, 5.74) is 1.03. The second-order valence-electron chi connectivity index (χ2n) is 6.92. The van der Waals surface area contributed by atoms with Crippen LogP contribution in [0.3, 0.4) is 0 Å². The summed E-state index contributed by atoms with van der Waals surface area (Å²) in [5.74, 6) is 1.97. The Kier molecular flexibility index (Phi) is 5.21. The average molecular weight is 353 g/mol. The molecule has 3 rings (SSSR count). The highest BCUT2D eigenvalue weighted by molar-refractivity contribution is 6.31. The number of halogens is 1. The number of carbonyl (C=O) groups excluding carboxylic acids is 1. The van der Waals surface area contributed by atoms with E-state index in [-0.39, 0.29) is 12.0 Å². The topological polar surface area (TPSA) is 50.8 Å². The van der Waals surface area contributed by atoms with Gasteiger partial charge in [-0.05, 0) is 31.9 Å². The maximum absolute atomic E-state index is 11.6. The third kappa shape index (κ3) is 3.78. The first-order chi connectivity index (χ1) is 11.5. The third-order valence-electron chi connectivity index (χ3n) is 4.70. The molecule has 0 spiro atoms. The van der Waals surface area contributed by atoms with Gasteiger partial charge in [-0.2, -0.15) is 0 Å². The molecule has 132 valence electrons. The first kappa shape index (κ1) is 17.4. The van der Waals surface area contributed by atoms with Crippen molar-refractivity contribution >= 4 is 17.5 Å². The second-order valence-corrected chi connectivity index (χ2v) is 7.33. The number of hydrogen-bond acceptors (Lipinski definition) is 4. The number of nitrogens with one attached hydrogen (secondary N) is 1. The maximum Gasteiger partial charge on any atom is 0.220 e. The summed E-state index contributed by atoms with van der Waals surface area (Å²) in [6.45, 7) is 6.59. The molecule has 0 unspecified atom stereocenters. The first-order valence-corrected chi connectivity index (χ1v) is 8.89. The van der Waals surface area contributed by atoms with E-state index in [1.54, 1.807) is 7.11 Å². The van der Waals surface area contributed by atoms with Gasteiger partial charge < -0.3 is 14.8 Å². The van der Waals surface area contributed by atoms with Crippen molar-refractivity contribution in [3.05, 3.63) is 22.7 Å². The second kappa shape index (κ2) is 7.19. The molecule has 2 aliphatic heterocycles. The quantitative estimate of drug-likeness (QED) is 0.885. The van der Waals surface area contributed by atoms with Crippen molar-refractivity contribution in [2.24, 2.45) is 5.92 Å². The van der Waals surface area contributed by atoms with E-state index in [1.165, 1.54) is 0 Å². The standard InChI is InChI=1S/C18H25ClN2O3/c1-11(2)24-17-8-14(19)12(6-16(17)23-3)9-21-5-4-15-13(10-21)7-18(22)20-15/h6,8,11,13,15H,4-5,7,9-10H2,1-3H3,(H,20,22)/t13-,15+/m1/s1. The molecule has 0 aromatic heterocycles. The van der Waals surface area contributed by atoms with Crippen molar-refractivity contribution in [2.45, 2.75) is 45.4 Å². The number of rotatable bonds is 5. The van der Waals surface area contributed by atoms with Crippen LogP contribution in [-0.4, -0.2) is 43.2 Å². The Morgan fingerprint density at radius 1 is 1.38 bits per heavy atom. The van der Waals surface area contributed by atoms with E-state index in [0.29, 0.717) is 34.9 Å². The number of benzene rings is 1. The molecule has 24 heavy (non-hydrogen) atoms. The molecule has 1 N–H and O–H groups in total. The maximum atomic E-state index is 11.6. The van der Waals surface area contributed by atoms with E-state index in [9.17, 15) is 4.79 Å². The Labute approximate surface area is 148 Å². The summed E-state index contributed by atoms with van der Waals surface area (Å²) in [5, 5.41) is 3.76. The monoisotopic (exact) mass is 352 g/mol. The normalized spacial score (nSPS) is 24.0. The van der Waals surface area contributed by atoms with Crippen molar-refractivity contribution in [2.75, 3.05) is 20.2 Å². The van der Waals surface area contributed by atoms with Gasteiger partial charge in [0.15, 0.2) is 11.5 Å². The molecule has 1 aromatic rings. The van der Waals surface area contributed by atoms with Crippen LogP contribution in [0.5, 0.6) is 11.5 Å². The van der Waals surface area contributed by atoms with Gasteiger partial charge in [0.2, 0.25) is 5.91 Å². The van der Waals surface area contributed by atoms with E-state index in [0.717, 1.165) is 31.6 Å². The minimum atomic E-state index is 0.0623. The van der Waals surface area contributed by atoms with Crippen molar-refractivity contribution < 1.29 is 14.3 Å². The fraction of sp³-hybridized carbons (Fsp3) is 0.611. The van der Waals surface area contributed by atoms with Crippen molar-refractivity contribution in [1.29, 1.82) is 0 Å². The molecule has 1 aromatic carbocycles. The van der Waals surface area contributed by atoms with E-state index in [2.05, 4.69) is 10.2 Å². The lowest BCUT2D eigenvalue weighted by Gasteiger charge is -2.34. The van der Waals surface area contributed by atoms with Gasteiger partial charge in [-0.25, -0.2) is 0 Å². The van der Waals surface area contributed by atoms with Crippen LogP contribution in [0, 0.1) is 5.92 Å². The first-order valence-electron chi connectivity index (χ1n) is 8.51. The molecule has 2 saturated heterocycles. The number of piperidine rings is 1. The van der Waals surface area contributed by atoms with E-state index >= 15 is 0 Å². The number of nitrogens with zero attached hydrogens (tertiary/aromatic N) is 1. The number of hydrogen-bond donors (Lipinski definition) is 1. The average Bonchev–Trinajstić information content (AvgIpc) is 2.88. The number of methoxy groups -OCH3 is 1. The van der Waals surface area contributed by atoms with Gasteiger partial charge in [-0.1, -0.05) is 11.6 Å². The molecule has 2 fully saturated rings.